The van der Waals surface area contributed by atoms with Crippen LogP contribution in [0.3, 0.4) is 0 Å². The van der Waals surface area contributed by atoms with E-state index < -0.39 is 0 Å². The molecular formula is C17H15ClN2OS. The number of anilines is 1. The second kappa shape index (κ2) is 5.88. The van der Waals surface area contributed by atoms with Gasteiger partial charge in [0.15, 0.2) is 0 Å². The Morgan fingerprint density at radius 3 is 3.09 bits per heavy atom. The Bertz CT molecular complexity index is 790. The summed E-state index contributed by atoms with van der Waals surface area (Å²) in [7, 11) is 0. The third-order valence-corrected chi connectivity index (χ3v) is 5.15. The Balaban J connectivity index is 1.69. The second-order valence-corrected chi connectivity index (χ2v) is 6.73. The zero-order chi connectivity index (χ0) is 14.9. The van der Waals surface area contributed by atoms with Crippen molar-refractivity contribution in [1.29, 1.82) is 0 Å². The molecule has 4 rings (SSSR count). The van der Waals surface area contributed by atoms with Crippen LogP contribution in [0.2, 0.25) is 5.02 Å². The number of halogens is 1. The molecular weight excluding hydrogens is 316 g/mol. The fraction of sp³-hybridized carbons (Fsp3) is 0.235. The van der Waals surface area contributed by atoms with Crippen molar-refractivity contribution in [2.24, 2.45) is 0 Å². The molecule has 1 aliphatic rings. The van der Waals surface area contributed by atoms with Crippen molar-refractivity contribution in [3.05, 3.63) is 57.9 Å². The summed E-state index contributed by atoms with van der Waals surface area (Å²) < 4.78 is 5.94. The first-order valence-electron chi connectivity index (χ1n) is 7.25. The maximum atomic E-state index is 6.08. The van der Waals surface area contributed by atoms with Crippen LogP contribution in [0.1, 0.15) is 11.0 Å². The van der Waals surface area contributed by atoms with E-state index >= 15 is 0 Å². The molecule has 0 saturated carbocycles. The summed E-state index contributed by atoms with van der Waals surface area (Å²) in [5, 5.41) is 3.95. The van der Waals surface area contributed by atoms with Crippen LogP contribution in [0.15, 0.2) is 48.0 Å². The number of pyridine rings is 1. The standard InChI is InChI=1S/C17H15ClN2OS/c18-12-3-4-13-14(10-12)19-6-5-15(13)20-7-8-21-16(11-20)17-2-1-9-22-17/h1-6,9-10,16H,7-8,11H2. The summed E-state index contributed by atoms with van der Waals surface area (Å²) in [6.45, 7) is 2.49. The van der Waals surface area contributed by atoms with Crippen LogP contribution in [-0.2, 0) is 4.74 Å². The number of morpholine rings is 1. The number of aromatic nitrogens is 1. The Morgan fingerprint density at radius 1 is 1.27 bits per heavy atom. The molecule has 0 radical (unpaired) electrons. The van der Waals surface area contributed by atoms with Crippen LogP contribution in [0.4, 0.5) is 5.69 Å². The first-order chi connectivity index (χ1) is 10.8. The number of fused-ring (bicyclic) bond motifs is 1. The molecule has 2 aromatic heterocycles. The topological polar surface area (TPSA) is 25.4 Å². The molecule has 22 heavy (non-hydrogen) atoms. The van der Waals surface area contributed by atoms with E-state index in [2.05, 4.69) is 39.5 Å². The van der Waals surface area contributed by atoms with Crippen LogP contribution < -0.4 is 4.90 Å². The molecule has 1 fully saturated rings. The molecule has 1 aliphatic heterocycles. The molecule has 0 bridgehead atoms. The largest absolute Gasteiger partial charge is 0.369 e. The molecule has 3 aromatic rings. The van der Waals surface area contributed by atoms with Crippen LogP contribution in [0, 0.1) is 0 Å². The van der Waals surface area contributed by atoms with Gasteiger partial charge >= 0.3 is 0 Å². The van der Waals surface area contributed by atoms with Crippen molar-refractivity contribution in [2.45, 2.75) is 6.10 Å². The zero-order valence-corrected chi connectivity index (χ0v) is 13.5. The lowest BCUT2D eigenvalue weighted by atomic mass is 10.1. The zero-order valence-electron chi connectivity index (χ0n) is 11.9. The van der Waals surface area contributed by atoms with E-state index in [0.29, 0.717) is 0 Å². The lowest BCUT2D eigenvalue weighted by Gasteiger charge is -2.34. The van der Waals surface area contributed by atoms with Gasteiger partial charge in [0, 0.05) is 40.3 Å². The summed E-state index contributed by atoms with van der Waals surface area (Å²) in [6, 6.07) is 12.2. The summed E-state index contributed by atoms with van der Waals surface area (Å²) in [6.07, 6.45) is 1.99. The van der Waals surface area contributed by atoms with Crippen molar-refractivity contribution in [1.82, 2.24) is 4.98 Å². The first-order valence-corrected chi connectivity index (χ1v) is 8.51. The van der Waals surface area contributed by atoms with Crippen molar-refractivity contribution in [3.63, 3.8) is 0 Å². The molecule has 0 amide bonds. The van der Waals surface area contributed by atoms with Crippen LogP contribution >= 0.6 is 22.9 Å². The van der Waals surface area contributed by atoms with Crippen molar-refractivity contribution < 1.29 is 4.74 Å². The number of ether oxygens (including phenoxy) is 1. The van der Waals surface area contributed by atoms with Crippen LogP contribution in [-0.4, -0.2) is 24.7 Å². The van der Waals surface area contributed by atoms with Crippen molar-refractivity contribution in [2.75, 3.05) is 24.6 Å². The third-order valence-electron chi connectivity index (χ3n) is 3.95. The van der Waals surface area contributed by atoms with Gasteiger partial charge in [-0.3, -0.25) is 4.98 Å². The predicted molar refractivity (Wildman–Crippen MR) is 92.0 cm³/mol. The summed E-state index contributed by atoms with van der Waals surface area (Å²) >= 11 is 7.83. The molecule has 0 spiro atoms. The molecule has 1 aromatic carbocycles. The van der Waals surface area contributed by atoms with Crippen LogP contribution in [0.5, 0.6) is 0 Å². The van der Waals surface area contributed by atoms with Gasteiger partial charge in [0.05, 0.1) is 12.1 Å². The second-order valence-electron chi connectivity index (χ2n) is 5.31. The number of hydrogen-bond donors (Lipinski definition) is 0. The minimum atomic E-state index is 0.143. The Kier molecular flexibility index (Phi) is 3.74. The fourth-order valence-electron chi connectivity index (χ4n) is 2.90. The van der Waals surface area contributed by atoms with Crippen LogP contribution in [0.25, 0.3) is 10.9 Å². The van der Waals surface area contributed by atoms with Gasteiger partial charge in [0.25, 0.3) is 0 Å². The van der Waals surface area contributed by atoms with E-state index in [1.54, 1.807) is 11.3 Å². The molecule has 1 unspecified atom stereocenters. The van der Waals surface area contributed by atoms with Gasteiger partial charge in [0.1, 0.15) is 6.10 Å². The quantitative estimate of drug-likeness (QED) is 0.690. The van der Waals surface area contributed by atoms with Gasteiger partial charge in [-0.25, -0.2) is 0 Å². The lowest BCUT2D eigenvalue weighted by Crippen LogP contribution is -2.38. The number of nitrogens with zero attached hydrogens (tertiary/aromatic N) is 2. The maximum Gasteiger partial charge on any atom is 0.109 e. The number of thiophene rings is 1. The highest BCUT2D eigenvalue weighted by Crippen LogP contribution is 2.32. The Morgan fingerprint density at radius 2 is 2.23 bits per heavy atom. The molecule has 3 heterocycles. The first kappa shape index (κ1) is 14.0. The van der Waals surface area contributed by atoms with Gasteiger partial charge in [0.2, 0.25) is 0 Å². The molecule has 0 aliphatic carbocycles. The molecule has 0 N–H and O–H groups in total. The fourth-order valence-corrected chi connectivity index (χ4v) is 3.83. The van der Waals surface area contributed by atoms with Gasteiger partial charge in [-0.05, 0) is 35.7 Å². The lowest BCUT2D eigenvalue weighted by molar-refractivity contribution is 0.0422. The van der Waals surface area contributed by atoms with Gasteiger partial charge in [-0.15, -0.1) is 11.3 Å². The van der Waals surface area contributed by atoms with E-state index in [4.69, 9.17) is 16.3 Å². The van der Waals surface area contributed by atoms with Gasteiger partial charge in [-0.1, -0.05) is 17.7 Å². The maximum absolute atomic E-state index is 6.08. The highest BCUT2D eigenvalue weighted by Gasteiger charge is 2.24. The average Bonchev–Trinajstić information content (AvgIpc) is 3.08. The highest BCUT2D eigenvalue weighted by atomic mass is 35.5. The SMILES string of the molecule is Clc1ccc2c(N3CCOC(c4cccs4)C3)ccnc2c1. The van der Waals surface area contributed by atoms with Crippen molar-refractivity contribution in [3.8, 4) is 0 Å². The summed E-state index contributed by atoms with van der Waals surface area (Å²) in [5.74, 6) is 0. The number of benzene rings is 1. The summed E-state index contributed by atoms with van der Waals surface area (Å²) in [5.41, 5.74) is 2.13. The molecule has 3 nitrogen and oxygen atoms in total. The average molecular weight is 331 g/mol. The molecule has 112 valence electrons. The highest BCUT2D eigenvalue weighted by molar-refractivity contribution is 7.10. The minimum absolute atomic E-state index is 0.143. The summed E-state index contributed by atoms with van der Waals surface area (Å²) in [4.78, 5) is 8.09. The number of rotatable bonds is 2. The molecule has 5 heteroatoms. The van der Waals surface area contributed by atoms with E-state index in [0.717, 1.165) is 35.6 Å². The Hall–Kier alpha value is -1.62. The van der Waals surface area contributed by atoms with E-state index in [1.165, 1.54) is 10.6 Å². The van der Waals surface area contributed by atoms with E-state index in [-0.39, 0.29) is 6.10 Å². The smallest absolute Gasteiger partial charge is 0.109 e. The van der Waals surface area contributed by atoms with Crippen molar-refractivity contribution >= 4 is 39.5 Å². The van der Waals surface area contributed by atoms with Gasteiger partial charge in [-0.2, -0.15) is 0 Å². The Labute approximate surface area is 138 Å². The monoisotopic (exact) mass is 330 g/mol. The van der Waals surface area contributed by atoms with E-state index in [1.807, 2.05) is 18.3 Å². The minimum Gasteiger partial charge on any atom is -0.369 e. The third kappa shape index (κ3) is 2.58. The molecule has 1 saturated heterocycles. The van der Waals surface area contributed by atoms with E-state index in [9.17, 15) is 0 Å². The predicted octanol–water partition coefficient (Wildman–Crippen LogP) is 4.53. The normalized spacial score (nSPS) is 18.8. The van der Waals surface area contributed by atoms with Gasteiger partial charge < -0.3 is 9.64 Å². The molecule has 1 atom stereocenters. The number of hydrogen-bond acceptors (Lipinski definition) is 4.